The van der Waals surface area contributed by atoms with Crippen molar-refractivity contribution in [2.45, 2.75) is 12.5 Å². The van der Waals surface area contributed by atoms with Crippen LogP contribution in [-0.2, 0) is 9.59 Å². The molecule has 1 aliphatic rings. The maximum atomic E-state index is 12.3. The van der Waals surface area contributed by atoms with Crippen molar-refractivity contribution in [1.82, 2.24) is 4.98 Å². The normalized spacial score (nSPS) is 20.6. The lowest BCUT2D eigenvalue weighted by Gasteiger charge is -2.32. The topological polar surface area (TPSA) is 80.3 Å². The number of carbonyl (C=O) groups is 2. The van der Waals surface area contributed by atoms with Gasteiger partial charge in [0.1, 0.15) is 5.75 Å². The van der Waals surface area contributed by atoms with Gasteiger partial charge in [0.05, 0.1) is 5.69 Å². The molecule has 0 bridgehead atoms. The summed E-state index contributed by atoms with van der Waals surface area (Å²) in [7, 11) is 0. The molecule has 3 rings (SSSR count). The van der Waals surface area contributed by atoms with E-state index in [1.165, 1.54) is 18.3 Å². The lowest BCUT2D eigenvalue weighted by Crippen LogP contribution is -2.56. The Morgan fingerprint density at radius 1 is 1.45 bits per heavy atom. The van der Waals surface area contributed by atoms with Gasteiger partial charge in [0.15, 0.2) is 5.13 Å². The minimum atomic E-state index is -1.62. The van der Waals surface area contributed by atoms with Crippen molar-refractivity contribution in [3.8, 4) is 5.75 Å². The molecule has 20 heavy (non-hydrogen) atoms. The van der Waals surface area contributed by atoms with Crippen molar-refractivity contribution in [2.75, 3.05) is 10.6 Å². The molecule has 0 spiro atoms. The van der Waals surface area contributed by atoms with E-state index in [-0.39, 0.29) is 0 Å². The first kappa shape index (κ1) is 12.6. The predicted molar refractivity (Wildman–Crippen MR) is 74.8 cm³/mol. The first-order valence-corrected chi connectivity index (χ1v) is 6.78. The Balaban J connectivity index is 1.88. The number of nitrogens with zero attached hydrogens (tertiary/aromatic N) is 1. The number of carbonyl (C=O) groups excluding carboxylic acids is 2. The lowest BCUT2D eigenvalue weighted by molar-refractivity contribution is -0.143. The molecule has 0 aliphatic carbocycles. The smallest absolute Gasteiger partial charge is 0.280 e. The van der Waals surface area contributed by atoms with Crippen molar-refractivity contribution in [3.05, 3.63) is 35.8 Å². The van der Waals surface area contributed by atoms with Gasteiger partial charge in [-0.2, -0.15) is 0 Å². The SMILES string of the molecule is C[C@@]1(C(=O)Nc2nccs2)Oc2ccccc2NC1=O. The van der Waals surface area contributed by atoms with Gasteiger partial charge in [-0.05, 0) is 19.1 Å². The number of thiazole rings is 1. The average molecular weight is 289 g/mol. The summed E-state index contributed by atoms with van der Waals surface area (Å²) in [5, 5.41) is 7.40. The van der Waals surface area contributed by atoms with E-state index in [0.29, 0.717) is 16.6 Å². The maximum Gasteiger partial charge on any atom is 0.280 e. The Bertz CT molecular complexity index is 671. The number of fused-ring (bicyclic) bond motifs is 1. The van der Waals surface area contributed by atoms with Crippen LogP contribution in [0.4, 0.5) is 10.8 Å². The number of aromatic nitrogens is 1. The standard InChI is InChI=1S/C13H11N3O3S/c1-13(11(18)16-12-14-6-7-20-12)10(17)15-8-4-2-3-5-9(8)19-13/h2-7H,1H3,(H,15,17)(H,14,16,18)/t13-/m1/s1. The number of benzene rings is 1. The Morgan fingerprint density at radius 2 is 2.25 bits per heavy atom. The first-order chi connectivity index (χ1) is 9.59. The molecule has 0 unspecified atom stereocenters. The molecule has 102 valence electrons. The molecule has 7 heteroatoms. The molecule has 2 amide bonds. The van der Waals surface area contributed by atoms with E-state index in [1.54, 1.807) is 35.8 Å². The fourth-order valence-electron chi connectivity index (χ4n) is 1.82. The number of ether oxygens (including phenoxy) is 1. The second-order valence-electron chi connectivity index (χ2n) is 4.38. The minimum absolute atomic E-state index is 0.423. The number of hydrogen-bond acceptors (Lipinski definition) is 5. The van der Waals surface area contributed by atoms with Crippen LogP contribution in [-0.4, -0.2) is 22.4 Å². The summed E-state index contributed by atoms with van der Waals surface area (Å²) >= 11 is 1.27. The molecular formula is C13H11N3O3S. The Kier molecular flexibility index (Phi) is 2.90. The van der Waals surface area contributed by atoms with Crippen molar-refractivity contribution < 1.29 is 14.3 Å². The Labute approximate surface area is 118 Å². The minimum Gasteiger partial charge on any atom is -0.466 e. The third-order valence-electron chi connectivity index (χ3n) is 2.97. The van der Waals surface area contributed by atoms with Gasteiger partial charge in [0, 0.05) is 11.6 Å². The van der Waals surface area contributed by atoms with Crippen LogP contribution in [0, 0.1) is 0 Å². The fourth-order valence-corrected chi connectivity index (χ4v) is 2.34. The van der Waals surface area contributed by atoms with Crippen LogP contribution >= 0.6 is 11.3 Å². The summed E-state index contributed by atoms with van der Waals surface area (Å²) in [4.78, 5) is 28.4. The van der Waals surface area contributed by atoms with Crippen molar-refractivity contribution in [2.24, 2.45) is 0 Å². The van der Waals surface area contributed by atoms with Crippen molar-refractivity contribution in [3.63, 3.8) is 0 Å². The van der Waals surface area contributed by atoms with E-state index in [9.17, 15) is 9.59 Å². The maximum absolute atomic E-state index is 12.3. The summed E-state index contributed by atoms with van der Waals surface area (Å²) < 4.78 is 5.60. The summed E-state index contributed by atoms with van der Waals surface area (Å²) in [6.07, 6.45) is 1.57. The zero-order chi connectivity index (χ0) is 14.2. The zero-order valence-corrected chi connectivity index (χ0v) is 11.4. The van der Waals surface area contributed by atoms with E-state index in [0.717, 1.165) is 0 Å². The Hall–Kier alpha value is -2.41. The van der Waals surface area contributed by atoms with E-state index in [1.807, 2.05) is 0 Å². The summed E-state index contributed by atoms with van der Waals surface area (Å²) in [6.45, 7) is 1.43. The molecule has 1 aromatic heterocycles. The average Bonchev–Trinajstić information content (AvgIpc) is 2.93. The van der Waals surface area contributed by atoms with Crippen LogP contribution in [0.2, 0.25) is 0 Å². The van der Waals surface area contributed by atoms with Gasteiger partial charge in [0.25, 0.3) is 17.4 Å². The third kappa shape index (κ3) is 2.01. The lowest BCUT2D eigenvalue weighted by atomic mass is 10.0. The molecule has 6 nitrogen and oxygen atoms in total. The molecular weight excluding hydrogens is 278 g/mol. The van der Waals surface area contributed by atoms with Crippen LogP contribution in [0.3, 0.4) is 0 Å². The van der Waals surface area contributed by atoms with Crippen LogP contribution < -0.4 is 15.4 Å². The van der Waals surface area contributed by atoms with E-state index < -0.39 is 17.4 Å². The van der Waals surface area contributed by atoms with E-state index >= 15 is 0 Å². The number of hydrogen-bond donors (Lipinski definition) is 2. The van der Waals surface area contributed by atoms with Gasteiger partial charge in [0.2, 0.25) is 0 Å². The quantitative estimate of drug-likeness (QED) is 0.827. The molecule has 0 fully saturated rings. The van der Waals surface area contributed by atoms with Crippen LogP contribution in [0.15, 0.2) is 35.8 Å². The van der Waals surface area contributed by atoms with Crippen molar-refractivity contribution in [1.29, 1.82) is 0 Å². The Morgan fingerprint density at radius 3 is 3.00 bits per heavy atom. The van der Waals surface area contributed by atoms with Gasteiger partial charge in [-0.25, -0.2) is 4.98 Å². The van der Waals surface area contributed by atoms with Crippen LogP contribution in [0.1, 0.15) is 6.92 Å². The van der Waals surface area contributed by atoms with Crippen LogP contribution in [0.25, 0.3) is 0 Å². The highest BCUT2D eigenvalue weighted by atomic mass is 32.1. The highest BCUT2D eigenvalue weighted by molar-refractivity contribution is 7.13. The predicted octanol–water partition coefficient (Wildman–Crippen LogP) is 1.87. The number of nitrogens with one attached hydrogen (secondary N) is 2. The largest absolute Gasteiger partial charge is 0.466 e. The monoisotopic (exact) mass is 289 g/mol. The molecule has 0 radical (unpaired) electrons. The molecule has 0 saturated carbocycles. The number of para-hydroxylation sites is 2. The van der Waals surface area contributed by atoms with Gasteiger partial charge in [-0.1, -0.05) is 12.1 Å². The second-order valence-corrected chi connectivity index (χ2v) is 5.27. The van der Waals surface area contributed by atoms with Crippen molar-refractivity contribution >= 4 is 34.0 Å². The molecule has 2 N–H and O–H groups in total. The molecule has 0 saturated heterocycles. The fraction of sp³-hybridized carbons (Fsp3) is 0.154. The molecule has 2 heterocycles. The number of anilines is 2. The van der Waals surface area contributed by atoms with E-state index in [4.69, 9.17) is 4.74 Å². The molecule has 1 atom stereocenters. The first-order valence-electron chi connectivity index (χ1n) is 5.90. The molecule has 1 aromatic carbocycles. The third-order valence-corrected chi connectivity index (χ3v) is 3.66. The summed E-state index contributed by atoms with van der Waals surface area (Å²) in [5.74, 6) is -0.603. The molecule has 1 aliphatic heterocycles. The van der Waals surface area contributed by atoms with Gasteiger partial charge < -0.3 is 10.1 Å². The van der Waals surface area contributed by atoms with Gasteiger partial charge in [-0.15, -0.1) is 11.3 Å². The summed E-state index contributed by atoms with van der Waals surface area (Å²) in [6, 6.07) is 6.96. The van der Waals surface area contributed by atoms with Gasteiger partial charge >= 0.3 is 0 Å². The summed E-state index contributed by atoms with van der Waals surface area (Å²) in [5.41, 5.74) is -1.07. The van der Waals surface area contributed by atoms with Crippen LogP contribution in [0.5, 0.6) is 5.75 Å². The highest BCUT2D eigenvalue weighted by Gasteiger charge is 2.47. The number of amides is 2. The van der Waals surface area contributed by atoms with E-state index in [2.05, 4.69) is 15.6 Å². The van der Waals surface area contributed by atoms with Gasteiger partial charge in [-0.3, -0.25) is 14.9 Å². The highest BCUT2D eigenvalue weighted by Crippen LogP contribution is 2.33. The second kappa shape index (κ2) is 4.61. The number of rotatable bonds is 2. The molecule has 2 aromatic rings. The zero-order valence-electron chi connectivity index (χ0n) is 10.5.